The number of ether oxygens (including phenoxy) is 1. The molecule has 2 aromatic rings. The van der Waals surface area contributed by atoms with Crippen molar-refractivity contribution in [2.24, 2.45) is 0 Å². The summed E-state index contributed by atoms with van der Waals surface area (Å²) in [5.41, 5.74) is 0.510. The molecule has 114 valence electrons. The van der Waals surface area contributed by atoms with Gasteiger partial charge < -0.3 is 19.7 Å². The molecular formula is C12H12F3N3O3. The highest BCUT2D eigenvalue weighted by Crippen LogP contribution is 2.30. The summed E-state index contributed by atoms with van der Waals surface area (Å²) in [7, 11) is 1.39. The fraction of sp³-hybridized carbons (Fsp3) is 0.333. The first-order valence-corrected chi connectivity index (χ1v) is 5.86. The molecule has 1 aromatic carbocycles. The van der Waals surface area contributed by atoms with Crippen molar-refractivity contribution in [3.63, 3.8) is 0 Å². The van der Waals surface area contributed by atoms with E-state index in [1.165, 1.54) is 25.3 Å². The maximum Gasteiger partial charge on any atom is 0.401 e. The third kappa shape index (κ3) is 4.09. The zero-order valence-electron chi connectivity index (χ0n) is 10.9. The number of nitrogens with one attached hydrogen (secondary N) is 1. The van der Waals surface area contributed by atoms with Gasteiger partial charge in [0.2, 0.25) is 11.7 Å². The molecule has 0 amide bonds. The van der Waals surface area contributed by atoms with Crippen molar-refractivity contribution in [3.8, 4) is 22.9 Å². The summed E-state index contributed by atoms with van der Waals surface area (Å²) >= 11 is 0. The minimum Gasteiger partial charge on any atom is -0.504 e. The fourth-order valence-corrected chi connectivity index (χ4v) is 1.57. The summed E-state index contributed by atoms with van der Waals surface area (Å²) in [4.78, 5) is 3.96. The summed E-state index contributed by atoms with van der Waals surface area (Å²) in [6, 6.07) is 4.43. The van der Waals surface area contributed by atoms with Crippen LogP contribution in [0.4, 0.5) is 13.2 Å². The second kappa shape index (κ2) is 6.00. The van der Waals surface area contributed by atoms with Gasteiger partial charge in [0.25, 0.3) is 0 Å². The smallest absolute Gasteiger partial charge is 0.401 e. The Morgan fingerprint density at radius 2 is 2.14 bits per heavy atom. The molecule has 0 aliphatic rings. The lowest BCUT2D eigenvalue weighted by Gasteiger charge is -2.05. The van der Waals surface area contributed by atoms with Crippen molar-refractivity contribution < 1.29 is 27.5 Å². The van der Waals surface area contributed by atoms with Crippen molar-refractivity contribution in [3.05, 3.63) is 24.1 Å². The molecule has 0 aliphatic carbocycles. The van der Waals surface area contributed by atoms with Crippen molar-refractivity contribution >= 4 is 0 Å². The number of methoxy groups -OCH3 is 1. The first-order valence-electron chi connectivity index (χ1n) is 5.86. The largest absolute Gasteiger partial charge is 0.504 e. The lowest BCUT2D eigenvalue weighted by molar-refractivity contribution is -0.125. The van der Waals surface area contributed by atoms with E-state index in [9.17, 15) is 18.3 Å². The number of rotatable bonds is 5. The Morgan fingerprint density at radius 1 is 1.38 bits per heavy atom. The van der Waals surface area contributed by atoms with Gasteiger partial charge in [-0.3, -0.25) is 0 Å². The first kappa shape index (κ1) is 15.1. The molecule has 0 aliphatic heterocycles. The number of phenolic OH excluding ortho intramolecular Hbond substituents is 1. The zero-order chi connectivity index (χ0) is 15.5. The molecule has 6 nitrogen and oxygen atoms in total. The third-order valence-electron chi connectivity index (χ3n) is 2.51. The Balaban J connectivity index is 2.06. The maximum absolute atomic E-state index is 12.0. The highest BCUT2D eigenvalue weighted by atomic mass is 19.4. The summed E-state index contributed by atoms with van der Waals surface area (Å²) in [6.07, 6.45) is -4.30. The second-order valence-electron chi connectivity index (χ2n) is 4.12. The molecule has 0 bridgehead atoms. The monoisotopic (exact) mass is 303 g/mol. The van der Waals surface area contributed by atoms with Crippen LogP contribution in [-0.4, -0.2) is 35.1 Å². The third-order valence-corrected chi connectivity index (χ3v) is 2.51. The van der Waals surface area contributed by atoms with E-state index >= 15 is 0 Å². The van der Waals surface area contributed by atoms with Gasteiger partial charge in [-0.1, -0.05) is 5.16 Å². The van der Waals surface area contributed by atoms with Gasteiger partial charge in [0, 0.05) is 5.56 Å². The maximum atomic E-state index is 12.0. The second-order valence-corrected chi connectivity index (χ2v) is 4.12. The van der Waals surface area contributed by atoms with Crippen molar-refractivity contribution in [2.75, 3.05) is 13.7 Å². The molecule has 0 spiro atoms. The first-order chi connectivity index (χ1) is 9.89. The zero-order valence-corrected chi connectivity index (χ0v) is 10.9. The van der Waals surface area contributed by atoms with E-state index in [4.69, 9.17) is 9.26 Å². The van der Waals surface area contributed by atoms with E-state index in [2.05, 4.69) is 15.5 Å². The Bertz CT molecular complexity index is 613. The predicted molar refractivity (Wildman–Crippen MR) is 65.7 cm³/mol. The van der Waals surface area contributed by atoms with Crippen LogP contribution in [0, 0.1) is 0 Å². The molecule has 0 atom stereocenters. The normalized spacial score (nSPS) is 11.6. The van der Waals surface area contributed by atoms with Crippen molar-refractivity contribution in [1.82, 2.24) is 15.5 Å². The number of hydrogen-bond donors (Lipinski definition) is 2. The summed E-state index contributed by atoms with van der Waals surface area (Å²) in [5, 5.41) is 15.3. The van der Waals surface area contributed by atoms with Crippen LogP contribution in [0.3, 0.4) is 0 Å². The lowest BCUT2D eigenvalue weighted by atomic mass is 10.2. The van der Waals surface area contributed by atoms with Gasteiger partial charge in [-0.2, -0.15) is 18.2 Å². The number of aromatic hydroxyl groups is 1. The van der Waals surface area contributed by atoms with Gasteiger partial charge in [0.1, 0.15) is 0 Å². The number of alkyl halides is 3. The Hall–Kier alpha value is -2.29. The summed E-state index contributed by atoms with van der Waals surface area (Å²) in [5.74, 6) is 0.407. The molecule has 0 saturated heterocycles. The van der Waals surface area contributed by atoms with E-state index in [0.717, 1.165) is 0 Å². The average Bonchev–Trinajstić information content (AvgIpc) is 2.86. The molecule has 9 heteroatoms. The van der Waals surface area contributed by atoms with Crippen LogP contribution in [0.1, 0.15) is 5.89 Å². The molecule has 0 radical (unpaired) electrons. The number of halogens is 3. The standard InChI is InChI=1S/C12H12F3N3O3/c1-20-9-4-7(2-3-8(9)19)11-17-10(21-18-11)5-16-6-12(13,14)15/h2-4,16,19H,5-6H2,1H3. The molecule has 0 fully saturated rings. The fourth-order valence-electron chi connectivity index (χ4n) is 1.57. The molecular weight excluding hydrogens is 291 g/mol. The lowest BCUT2D eigenvalue weighted by Crippen LogP contribution is -2.28. The number of benzene rings is 1. The van der Waals surface area contributed by atoms with Crippen LogP contribution in [-0.2, 0) is 6.54 Å². The Morgan fingerprint density at radius 3 is 2.81 bits per heavy atom. The summed E-state index contributed by atoms with van der Waals surface area (Å²) in [6.45, 7) is -1.33. The van der Waals surface area contributed by atoms with Gasteiger partial charge in [-0.05, 0) is 18.2 Å². The van der Waals surface area contributed by atoms with Gasteiger partial charge in [0.15, 0.2) is 11.5 Å². The van der Waals surface area contributed by atoms with E-state index in [-0.39, 0.29) is 29.8 Å². The van der Waals surface area contributed by atoms with Crippen molar-refractivity contribution in [1.29, 1.82) is 0 Å². The van der Waals surface area contributed by atoms with Gasteiger partial charge >= 0.3 is 6.18 Å². The molecule has 1 heterocycles. The molecule has 1 aromatic heterocycles. The SMILES string of the molecule is COc1cc(-c2noc(CNCC(F)(F)F)n2)ccc1O. The Labute approximate surface area is 117 Å². The number of nitrogens with zero attached hydrogens (tertiary/aromatic N) is 2. The van der Waals surface area contributed by atoms with Crippen LogP contribution in [0.25, 0.3) is 11.4 Å². The van der Waals surface area contributed by atoms with Gasteiger partial charge in [-0.15, -0.1) is 0 Å². The Kier molecular flexibility index (Phi) is 4.32. The van der Waals surface area contributed by atoms with E-state index < -0.39 is 12.7 Å². The van der Waals surface area contributed by atoms with Crippen molar-refractivity contribution in [2.45, 2.75) is 12.7 Å². The minimum absolute atomic E-state index is 0.0290. The average molecular weight is 303 g/mol. The molecule has 2 rings (SSSR count). The molecule has 2 N–H and O–H groups in total. The van der Waals surface area contributed by atoms with Gasteiger partial charge in [0.05, 0.1) is 20.2 Å². The van der Waals surface area contributed by atoms with E-state index in [1.807, 2.05) is 0 Å². The molecule has 0 unspecified atom stereocenters. The van der Waals surface area contributed by atoms with E-state index in [1.54, 1.807) is 0 Å². The highest BCUT2D eigenvalue weighted by Gasteiger charge is 2.26. The van der Waals surface area contributed by atoms with Crippen LogP contribution >= 0.6 is 0 Å². The number of hydrogen-bond acceptors (Lipinski definition) is 6. The van der Waals surface area contributed by atoms with E-state index in [0.29, 0.717) is 5.56 Å². The van der Waals surface area contributed by atoms with Crippen LogP contribution in [0.15, 0.2) is 22.7 Å². The minimum atomic E-state index is -4.30. The van der Waals surface area contributed by atoms with Crippen LogP contribution in [0.2, 0.25) is 0 Å². The molecule has 21 heavy (non-hydrogen) atoms. The van der Waals surface area contributed by atoms with Crippen LogP contribution < -0.4 is 10.1 Å². The predicted octanol–water partition coefficient (Wildman–Crippen LogP) is 2.10. The number of phenols is 1. The molecule has 0 saturated carbocycles. The topological polar surface area (TPSA) is 80.4 Å². The summed E-state index contributed by atoms with van der Waals surface area (Å²) < 4.78 is 45.7. The number of aromatic nitrogens is 2. The van der Waals surface area contributed by atoms with Crippen LogP contribution in [0.5, 0.6) is 11.5 Å². The quantitative estimate of drug-likeness (QED) is 0.880. The highest BCUT2D eigenvalue weighted by molar-refractivity contribution is 5.60. The van der Waals surface area contributed by atoms with Gasteiger partial charge in [-0.25, -0.2) is 0 Å².